The van der Waals surface area contributed by atoms with E-state index in [1.54, 1.807) is 6.07 Å². The number of amides is 1. The number of phenolic OH excluding ortho intramolecular Hbond substituents is 1. The molecule has 0 spiro atoms. The van der Waals surface area contributed by atoms with Crippen molar-refractivity contribution in [3.63, 3.8) is 0 Å². The van der Waals surface area contributed by atoms with Crippen LogP contribution in [0.15, 0.2) is 18.2 Å². The molecule has 1 amide bonds. The monoisotopic (exact) mass is 275 g/mol. The molecule has 1 N–H and O–H groups in total. The number of hydrogen-bond acceptors (Lipinski definition) is 4. The van der Waals surface area contributed by atoms with Crippen molar-refractivity contribution >= 4 is 17.5 Å². The van der Waals surface area contributed by atoms with Gasteiger partial charge in [-0.3, -0.25) is 9.59 Å². The fourth-order valence-corrected chi connectivity index (χ4v) is 2.50. The Balaban J connectivity index is 2.22. The van der Waals surface area contributed by atoms with Gasteiger partial charge >= 0.3 is 0 Å². The second-order valence-electron chi connectivity index (χ2n) is 5.14. The summed E-state index contributed by atoms with van der Waals surface area (Å²) in [6.07, 6.45) is 0.617. The molecule has 1 aromatic rings. The van der Waals surface area contributed by atoms with E-state index in [0.29, 0.717) is 24.1 Å². The van der Waals surface area contributed by atoms with Crippen LogP contribution in [-0.4, -0.2) is 33.5 Å². The highest BCUT2D eigenvalue weighted by Crippen LogP contribution is 2.29. The quantitative estimate of drug-likeness (QED) is 0.887. The number of carbonyl (C=O) groups is 3. The number of nitrogens with zero attached hydrogens (tertiary/aromatic N) is 1. The highest BCUT2D eigenvalue weighted by atomic mass is 16.3. The number of benzene rings is 1. The molecule has 1 aliphatic rings. The molecule has 1 atom stereocenters. The third-order valence-electron chi connectivity index (χ3n) is 3.54. The molecule has 5 heteroatoms. The number of carbonyl (C=O) groups excluding carboxylic acids is 3. The molecule has 5 nitrogen and oxygen atoms in total. The molecular weight excluding hydrogens is 258 g/mol. The molecule has 0 aromatic heterocycles. The molecule has 106 valence electrons. The minimum absolute atomic E-state index is 0.00180. The molecule has 1 aliphatic heterocycles. The Morgan fingerprint density at radius 1 is 1.35 bits per heavy atom. The molecule has 0 bridgehead atoms. The van der Waals surface area contributed by atoms with Crippen LogP contribution >= 0.6 is 0 Å². The van der Waals surface area contributed by atoms with Gasteiger partial charge in [0.25, 0.3) is 5.91 Å². The summed E-state index contributed by atoms with van der Waals surface area (Å²) >= 11 is 0. The largest absolute Gasteiger partial charge is 0.508 e. The predicted octanol–water partition coefficient (Wildman–Crippen LogP) is 1.67. The van der Waals surface area contributed by atoms with Crippen molar-refractivity contribution in [1.82, 2.24) is 4.90 Å². The minimum atomic E-state index is -0.582. The Bertz CT molecular complexity index is 579. The van der Waals surface area contributed by atoms with E-state index in [0.717, 1.165) is 0 Å². The van der Waals surface area contributed by atoms with Crippen LogP contribution in [-0.2, 0) is 16.1 Å². The Morgan fingerprint density at radius 3 is 2.65 bits per heavy atom. The average Bonchev–Trinajstić information content (AvgIpc) is 2.66. The van der Waals surface area contributed by atoms with Crippen molar-refractivity contribution in [3.8, 4) is 5.75 Å². The van der Waals surface area contributed by atoms with Crippen LogP contribution < -0.4 is 0 Å². The molecule has 1 aromatic carbocycles. The summed E-state index contributed by atoms with van der Waals surface area (Å²) < 4.78 is 0. The van der Waals surface area contributed by atoms with Crippen LogP contribution in [0, 0.1) is 0 Å². The zero-order valence-electron chi connectivity index (χ0n) is 11.5. The van der Waals surface area contributed by atoms with E-state index < -0.39 is 6.04 Å². The van der Waals surface area contributed by atoms with Crippen LogP contribution in [0.25, 0.3) is 0 Å². The number of phenols is 1. The van der Waals surface area contributed by atoms with Crippen LogP contribution in [0.3, 0.4) is 0 Å². The third-order valence-corrected chi connectivity index (χ3v) is 3.54. The second-order valence-corrected chi connectivity index (χ2v) is 5.14. The summed E-state index contributed by atoms with van der Waals surface area (Å²) in [5.74, 6) is -0.250. The number of fused-ring (bicyclic) bond motifs is 1. The maximum Gasteiger partial charge on any atom is 0.255 e. The Hall–Kier alpha value is -2.17. The van der Waals surface area contributed by atoms with E-state index in [4.69, 9.17) is 0 Å². The molecule has 0 aliphatic carbocycles. The Kier molecular flexibility index (Phi) is 3.88. The molecule has 1 unspecified atom stereocenters. The summed E-state index contributed by atoms with van der Waals surface area (Å²) in [7, 11) is 0. The molecule has 0 saturated carbocycles. The maximum atomic E-state index is 12.3. The lowest BCUT2D eigenvalue weighted by Crippen LogP contribution is -2.40. The number of ketones is 2. The first-order valence-electron chi connectivity index (χ1n) is 6.53. The summed E-state index contributed by atoms with van der Waals surface area (Å²) in [6.45, 7) is 3.19. The molecule has 1 heterocycles. The predicted molar refractivity (Wildman–Crippen MR) is 72.4 cm³/mol. The Morgan fingerprint density at radius 2 is 2.05 bits per heavy atom. The van der Waals surface area contributed by atoms with Gasteiger partial charge in [-0.25, -0.2) is 0 Å². The van der Waals surface area contributed by atoms with Gasteiger partial charge in [-0.2, -0.15) is 0 Å². The first-order valence-corrected chi connectivity index (χ1v) is 6.53. The lowest BCUT2D eigenvalue weighted by molar-refractivity contribution is -0.122. The standard InChI is InChI=1S/C15H17NO4/c1-9(17)3-6-14(10(2)18)16-8-11-7-12(19)4-5-13(11)15(16)20/h4-5,7,14,19H,3,6,8H2,1-2H3. The van der Waals surface area contributed by atoms with Gasteiger partial charge in [-0.05, 0) is 44.0 Å². The van der Waals surface area contributed by atoms with Crippen LogP contribution in [0.1, 0.15) is 42.6 Å². The van der Waals surface area contributed by atoms with E-state index in [1.807, 2.05) is 0 Å². The first kappa shape index (κ1) is 14.2. The van der Waals surface area contributed by atoms with Gasteiger partial charge in [0.1, 0.15) is 11.5 Å². The maximum absolute atomic E-state index is 12.3. The zero-order chi connectivity index (χ0) is 14.9. The molecule has 0 radical (unpaired) electrons. The number of rotatable bonds is 5. The van der Waals surface area contributed by atoms with E-state index in [2.05, 4.69) is 0 Å². The molecule has 0 saturated heterocycles. The fraction of sp³-hybridized carbons (Fsp3) is 0.400. The van der Waals surface area contributed by atoms with E-state index in [1.165, 1.54) is 30.9 Å². The zero-order valence-corrected chi connectivity index (χ0v) is 11.5. The number of Topliss-reactive ketones (excluding diaryl/α,β-unsaturated/α-hetero) is 2. The normalized spacial score (nSPS) is 15.1. The summed E-state index contributed by atoms with van der Waals surface area (Å²) in [4.78, 5) is 36.6. The second kappa shape index (κ2) is 5.45. The third kappa shape index (κ3) is 2.71. The van der Waals surface area contributed by atoms with Gasteiger partial charge < -0.3 is 14.8 Å². The van der Waals surface area contributed by atoms with Crippen molar-refractivity contribution < 1.29 is 19.5 Å². The summed E-state index contributed by atoms with van der Waals surface area (Å²) in [5, 5.41) is 9.45. The van der Waals surface area contributed by atoms with Crippen molar-refractivity contribution in [3.05, 3.63) is 29.3 Å². The lowest BCUT2D eigenvalue weighted by Gasteiger charge is -2.25. The van der Waals surface area contributed by atoms with Crippen LogP contribution in [0.2, 0.25) is 0 Å². The lowest BCUT2D eigenvalue weighted by atomic mass is 10.0. The molecular formula is C15H17NO4. The molecule has 2 rings (SSSR count). The van der Waals surface area contributed by atoms with E-state index >= 15 is 0 Å². The van der Waals surface area contributed by atoms with Crippen molar-refractivity contribution in [2.45, 2.75) is 39.3 Å². The van der Waals surface area contributed by atoms with Gasteiger partial charge in [0.2, 0.25) is 0 Å². The van der Waals surface area contributed by atoms with E-state index in [9.17, 15) is 19.5 Å². The fourth-order valence-electron chi connectivity index (χ4n) is 2.50. The van der Waals surface area contributed by atoms with Gasteiger partial charge in [-0.1, -0.05) is 0 Å². The number of aromatic hydroxyl groups is 1. The van der Waals surface area contributed by atoms with Gasteiger partial charge in [-0.15, -0.1) is 0 Å². The van der Waals surface area contributed by atoms with Gasteiger partial charge in [0.05, 0.1) is 6.04 Å². The van der Waals surface area contributed by atoms with Crippen molar-refractivity contribution in [2.75, 3.05) is 0 Å². The number of hydrogen-bond donors (Lipinski definition) is 1. The van der Waals surface area contributed by atoms with Gasteiger partial charge in [0.15, 0.2) is 5.78 Å². The van der Waals surface area contributed by atoms with Crippen molar-refractivity contribution in [1.29, 1.82) is 0 Å². The Labute approximate surface area is 117 Å². The smallest absolute Gasteiger partial charge is 0.255 e. The molecule has 20 heavy (non-hydrogen) atoms. The first-order chi connectivity index (χ1) is 9.40. The minimum Gasteiger partial charge on any atom is -0.508 e. The van der Waals surface area contributed by atoms with E-state index in [-0.39, 0.29) is 29.6 Å². The van der Waals surface area contributed by atoms with Crippen LogP contribution in [0.4, 0.5) is 0 Å². The highest BCUT2D eigenvalue weighted by Gasteiger charge is 2.34. The SMILES string of the molecule is CC(=O)CCC(C(C)=O)N1Cc2cc(O)ccc2C1=O. The topological polar surface area (TPSA) is 74.7 Å². The average molecular weight is 275 g/mol. The summed E-state index contributed by atoms with van der Waals surface area (Å²) in [6, 6.07) is 3.98. The summed E-state index contributed by atoms with van der Waals surface area (Å²) in [5.41, 5.74) is 1.22. The van der Waals surface area contributed by atoms with Crippen LogP contribution in [0.5, 0.6) is 5.75 Å². The van der Waals surface area contributed by atoms with Crippen molar-refractivity contribution in [2.24, 2.45) is 0 Å². The highest BCUT2D eigenvalue weighted by molar-refractivity contribution is 6.01. The molecule has 0 fully saturated rings. The van der Waals surface area contributed by atoms with Gasteiger partial charge in [0, 0.05) is 18.5 Å².